The molecule has 0 heterocycles. The number of carbonyl (C=O) groups is 3. The van der Waals surface area contributed by atoms with E-state index < -0.39 is 6.10 Å². The van der Waals surface area contributed by atoms with Gasteiger partial charge >= 0.3 is 17.9 Å². The van der Waals surface area contributed by atoms with Crippen LogP contribution < -0.4 is 0 Å². The number of allylic oxidation sites excluding steroid dienone is 22. The lowest BCUT2D eigenvalue weighted by Crippen LogP contribution is -2.30. The Hall–Kier alpha value is -4.45. The van der Waals surface area contributed by atoms with Crippen LogP contribution in [0.4, 0.5) is 0 Å². The van der Waals surface area contributed by atoms with Crippen molar-refractivity contribution in [2.75, 3.05) is 13.2 Å². The largest absolute Gasteiger partial charge is 0.462 e. The highest BCUT2D eigenvalue weighted by Crippen LogP contribution is 2.13. The quantitative estimate of drug-likeness (QED) is 0.0262. The van der Waals surface area contributed by atoms with Gasteiger partial charge < -0.3 is 14.2 Å². The normalized spacial score (nSPS) is 13.2. The van der Waals surface area contributed by atoms with E-state index >= 15 is 0 Å². The molecule has 382 valence electrons. The van der Waals surface area contributed by atoms with Crippen LogP contribution in [-0.4, -0.2) is 37.2 Å². The van der Waals surface area contributed by atoms with Crippen LogP contribution in [0.3, 0.4) is 0 Å². The monoisotopic (exact) mass is 939 g/mol. The van der Waals surface area contributed by atoms with Crippen LogP contribution >= 0.6 is 0 Å². The second-order valence-corrected chi connectivity index (χ2v) is 17.6. The zero-order valence-electron chi connectivity index (χ0n) is 43.6. The molecule has 0 amide bonds. The van der Waals surface area contributed by atoms with Crippen LogP contribution in [0.5, 0.6) is 0 Å². The minimum atomic E-state index is -0.820. The number of carbonyl (C=O) groups excluding carboxylic acids is 3. The van der Waals surface area contributed by atoms with E-state index in [-0.39, 0.29) is 37.5 Å². The summed E-state index contributed by atoms with van der Waals surface area (Å²) >= 11 is 0. The lowest BCUT2D eigenvalue weighted by molar-refractivity contribution is -0.167. The molecule has 0 aliphatic rings. The molecular weight excluding hydrogens is 841 g/mol. The predicted molar refractivity (Wildman–Crippen MR) is 292 cm³/mol. The highest BCUT2D eigenvalue weighted by molar-refractivity contribution is 5.71. The van der Waals surface area contributed by atoms with Crippen LogP contribution in [-0.2, 0) is 28.6 Å². The maximum Gasteiger partial charge on any atom is 0.306 e. The average molecular weight is 939 g/mol. The van der Waals surface area contributed by atoms with E-state index in [0.717, 1.165) is 103 Å². The minimum absolute atomic E-state index is 0.114. The van der Waals surface area contributed by atoms with Gasteiger partial charge in [0.05, 0.1) is 0 Å². The van der Waals surface area contributed by atoms with Gasteiger partial charge in [-0.2, -0.15) is 0 Å². The molecule has 1 atom stereocenters. The number of unbranched alkanes of at least 4 members (excludes halogenated alkanes) is 22. The third kappa shape index (κ3) is 52.5. The molecule has 0 aromatic heterocycles. The number of ether oxygens (including phenoxy) is 3. The van der Waals surface area contributed by atoms with Crippen molar-refractivity contribution in [2.24, 2.45) is 0 Å². The molecule has 0 aromatic rings. The van der Waals surface area contributed by atoms with Gasteiger partial charge in [-0.3, -0.25) is 14.4 Å². The summed E-state index contributed by atoms with van der Waals surface area (Å²) in [6, 6.07) is 0. The maximum atomic E-state index is 12.8. The summed E-state index contributed by atoms with van der Waals surface area (Å²) in [5.74, 6) is -0.996. The third-order valence-electron chi connectivity index (χ3n) is 11.1. The standard InChI is InChI=1S/C62H98O6/c1-4-7-10-13-16-19-22-25-28-30-32-34-37-40-43-46-49-52-55-61(64)67-58-59(57-66-60(63)54-51-48-45-42-39-36-33-27-24-21-18-15-12-9-6-3)68-62(65)56-53-50-47-44-41-38-35-31-29-26-23-20-17-14-11-8-5-2/h8,11,14,17-18,20-32,34-35,38,41,59H,4-7,9-10,12-13,15-16,19,33,36-37,39-40,42-58H2,1-3H3/b11-8-,17-14-,21-18-,23-20-,25-22-,27-24-,29-26-,30-28-,34-32-,35-31+,41-38-. The molecule has 0 aliphatic heterocycles. The predicted octanol–water partition coefficient (Wildman–Crippen LogP) is 18.3. The van der Waals surface area contributed by atoms with Gasteiger partial charge in [0.25, 0.3) is 0 Å². The first-order valence-electron chi connectivity index (χ1n) is 27.3. The summed E-state index contributed by atoms with van der Waals surface area (Å²) in [4.78, 5) is 38.1. The second kappa shape index (κ2) is 55.1. The molecule has 68 heavy (non-hydrogen) atoms. The van der Waals surface area contributed by atoms with Gasteiger partial charge in [0, 0.05) is 19.3 Å². The molecule has 0 fully saturated rings. The molecule has 0 saturated carbocycles. The van der Waals surface area contributed by atoms with Gasteiger partial charge in [-0.05, 0) is 89.9 Å². The van der Waals surface area contributed by atoms with Crippen LogP contribution in [0.1, 0.15) is 220 Å². The molecule has 0 aliphatic carbocycles. The molecule has 0 N–H and O–H groups in total. The van der Waals surface area contributed by atoms with Crippen molar-refractivity contribution in [1.82, 2.24) is 0 Å². The summed E-state index contributed by atoms with van der Waals surface area (Å²) in [6.07, 6.45) is 77.1. The zero-order chi connectivity index (χ0) is 49.3. The highest BCUT2D eigenvalue weighted by Gasteiger charge is 2.19. The molecule has 0 radical (unpaired) electrons. The number of hydrogen-bond acceptors (Lipinski definition) is 6. The summed E-state index contributed by atoms with van der Waals surface area (Å²) < 4.78 is 16.8. The molecule has 6 nitrogen and oxygen atoms in total. The summed E-state index contributed by atoms with van der Waals surface area (Å²) in [5, 5.41) is 0. The molecule has 6 heteroatoms. The number of hydrogen-bond donors (Lipinski definition) is 0. The van der Waals surface area contributed by atoms with Crippen LogP contribution in [0.2, 0.25) is 0 Å². The van der Waals surface area contributed by atoms with Crippen molar-refractivity contribution >= 4 is 17.9 Å². The molecule has 0 rings (SSSR count). The lowest BCUT2D eigenvalue weighted by Gasteiger charge is -2.18. The first-order chi connectivity index (χ1) is 33.5. The van der Waals surface area contributed by atoms with Crippen LogP contribution in [0, 0.1) is 0 Å². The van der Waals surface area contributed by atoms with E-state index in [1.54, 1.807) is 0 Å². The molecule has 1 unspecified atom stereocenters. The SMILES string of the molecule is CC\C=C/C=C\C=C/C=C\C=C\C=C/CCCCCC(=O)OC(COC(=O)CCCCCCC\C=C/C=C\C=C/CCCCCCC)COC(=O)CCCCCCCC/C=C\C=C/CCCCC. The fourth-order valence-electron chi connectivity index (χ4n) is 6.99. The molecular formula is C62H98O6. The number of esters is 3. The Bertz CT molecular complexity index is 1500. The van der Waals surface area contributed by atoms with E-state index in [1.807, 2.05) is 60.8 Å². The average Bonchev–Trinajstić information content (AvgIpc) is 3.34. The summed E-state index contributed by atoms with van der Waals surface area (Å²) in [7, 11) is 0. The van der Waals surface area contributed by atoms with Crippen molar-refractivity contribution in [1.29, 1.82) is 0 Å². The Labute approximate surface area is 417 Å². The van der Waals surface area contributed by atoms with Gasteiger partial charge in [0.1, 0.15) is 13.2 Å². The Balaban J connectivity index is 4.57. The van der Waals surface area contributed by atoms with Crippen molar-refractivity contribution < 1.29 is 28.6 Å². The van der Waals surface area contributed by atoms with Gasteiger partial charge in [-0.15, -0.1) is 0 Å². The maximum absolute atomic E-state index is 12.8. The van der Waals surface area contributed by atoms with E-state index in [4.69, 9.17) is 14.2 Å². The van der Waals surface area contributed by atoms with E-state index in [9.17, 15) is 14.4 Å². The summed E-state index contributed by atoms with van der Waals surface area (Å²) in [6.45, 7) is 6.37. The fraction of sp³-hybridized carbons (Fsp3) is 0.597. The first kappa shape index (κ1) is 63.5. The van der Waals surface area contributed by atoms with Crippen molar-refractivity contribution in [3.05, 3.63) is 134 Å². The second-order valence-electron chi connectivity index (χ2n) is 17.6. The molecule has 0 bridgehead atoms. The smallest absolute Gasteiger partial charge is 0.306 e. The topological polar surface area (TPSA) is 78.9 Å². The first-order valence-corrected chi connectivity index (χ1v) is 27.3. The number of rotatable bonds is 47. The van der Waals surface area contributed by atoms with Crippen molar-refractivity contribution in [3.63, 3.8) is 0 Å². The highest BCUT2D eigenvalue weighted by atomic mass is 16.6. The Morgan fingerprint density at radius 3 is 0.956 bits per heavy atom. The Kier molecular flexibility index (Phi) is 51.5. The Morgan fingerprint density at radius 1 is 0.309 bits per heavy atom. The lowest BCUT2D eigenvalue weighted by atomic mass is 10.1. The van der Waals surface area contributed by atoms with Crippen LogP contribution in [0.25, 0.3) is 0 Å². The van der Waals surface area contributed by atoms with E-state index in [2.05, 4.69) is 93.7 Å². The summed E-state index contributed by atoms with van der Waals surface area (Å²) in [5.41, 5.74) is 0. The van der Waals surface area contributed by atoms with Crippen molar-refractivity contribution in [2.45, 2.75) is 226 Å². The Morgan fingerprint density at radius 2 is 0.574 bits per heavy atom. The van der Waals surface area contributed by atoms with Crippen LogP contribution in [0.15, 0.2) is 134 Å². The van der Waals surface area contributed by atoms with Gasteiger partial charge in [-0.25, -0.2) is 0 Å². The van der Waals surface area contributed by atoms with Gasteiger partial charge in [-0.1, -0.05) is 244 Å². The molecule has 0 spiro atoms. The third-order valence-corrected chi connectivity index (χ3v) is 11.1. The minimum Gasteiger partial charge on any atom is -0.462 e. The van der Waals surface area contributed by atoms with Crippen molar-refractivity contribution in [3.8, 4) is 0 Å². The zero-order valence-corrected chi connectivity index (χ0v) is 43.6. The van der Waals surface area contributed by atoms with E-state index in [1.165, 1.54) is 70.6 Å². The van der Waals surface area contributed by atoms with Gasteiger partial charge in [0.15, 0.2) is 6.10 Å². The molecule has 0 aromatic carbocycles. The molecule has 0 saturated heterocycles. The van der Waals surface area contributed by atoms with Gasteiger partial charge in [0.2, 0.25) is 0 Å². The fourth-order valence-corrected chi connectivity index (χ4v) is 6.99. The van der Waals surface area contributed by atoms with E-state index in [0.29, 0.717) is 19.3 Å².